The van der Waals surface area contributed by atoms with E-state index in [1.165, 1.54) is 31.9 Å². The van der Waals surface area contributed by atoms with E-state index in [4.69, 9.17) is 0 Å². The van der Waals surface area contributed by atoms with Crippen LogP contribution in [0.5, 0.6) is 0 Å². The maximum absolute atomic E-state index is 13.8. The van der Waals surface area contributed by atoms with E-state index in [2.05, 4.69) is 22.2 Å². The van der Waals surface area contributed by atoms with Crippen LogP contribution in [0.1, 0.15) is 39.0 Å². The molecule has 1 aromatic heterocycles. The van der Waals surface area contributed by atoms with Crippen LogP contribution in [0.3, 0.4) is 0 Å². The molecule has 1 aliphatic rings. The topological polar surface area (TPSA) is 41.1 Å². The number of halogens is 1. The van der Waals surface area contributed by atoms with Gasteiger partial charge in [-0.05, 0) is 25.2 Å². The van der Waals surface area contributed by atoms with E-state index in [1.807, 2.05) is 11.9 Å². The van der Waals surface area contributed by atoms with Gasteiger partial charge in [-0.15, -0.1) is 0 Å². The predicted octanol–water partition coefficient (Wildman–Crippen LogP) is 3.06. The van der Waals surface area contributed by atoms with Gasteiger partial charge in [0.05, 0.1) is 6.20 Å². The van der Waals surface area contributed by atoms with E-state index >= 15 is 0 Å². The summed E-state index contributed by atoms with van der Waals surface area (Å²) in [6.45, 7) is 3.75. The van der Waals surface area contributed by atoms with Gasteiger partial charge in [-0.2, -0.15) is 4.98 Å². The lowest BCUT2D eigenvalue weighted by atomic mass is 10.1. The predicted molar refractivity (Wildman–Crippen MR) is 76.0 cm³/mol. The molecule has 0 bridgehead atoms. The summed E-state index contributed by atoms with van der Waals surface area (Å²) in [5.74, 6) is 1.24. The molecule has 0 atom stereocenters. The number of nitrogens with zero attached hydrogens (tertiary/aromatic N) is 3. The van der Waals surface area contributed by atoms with Crippen molar-refractivity contribution in [3.8, 4) is 0 Å². The van der Waals surface area contributed by atoms with E-state index in [9.17, 15) is 4.39 Å². The minimum Gasteiger partial charge on any atom is -0.357 e. The molecule has 0 saturated heterocycles. The van der Waals surface area contributed by atoms with Crippen molar-refractivity contribution in [1.82, 2.24) is 9.97 Å². The first kappa shape index (κ1) is 14.0. The average Bonchev–Trinajstić information content (AvgIpc) is 2.90. The Kier molecular flexibility index (Phi) is 4.93. The normalized spacial score (nSPS) is 15.7. The molecule has 0 spiro atoms. The third-order valence-corrected chi connectivity index (χ3v) is 3.63. The second-order valence-electron chi connectivity index (χ2n) is 5.32. The number of hydrogen-bond donors (Lipinski definition) is 1. The second kappa shape index (κ2) is 6.68. The van der Waals surface area contributed by atoms with Crippen molar-refractivity contribution in [1.29, 1.82) is 0 Å². The third-order valence-electron chi connectivity index (χ3n) is 3.63. The highest BCUT2D eigenvalue weighted by Gasteiger charge is 2.19. The van der Waals surface area contributed by atoms with Crippen LogP contribution >= 0.6 is 0 Å². The molecule has 2 rings (SSSR count). The first-order valence-corrected chi connectivity index (χ1v) is 7.18. The van der Waals surface area contributed by atoms with Crippen LogP contribution in [0.2, 0.25) is 0 Å². The maximum Gasteiger partial charge on any atom is 0.224 e. The molecule has 0 radical (unpaired) electrons. The summed E-state index contributed by atoms with van der Waals surface area (Å²) in [5.41, 5.74) is 0. The van der Waals surface area contributed by atoms with Gasteiger partial charge in [-0.3, -0.25) is 0 Å². The molecule has 19 heavy (non-hydrogen) atoms. The fourth-order valence-electron chi connectivity index (χ4n) is 2.61. The van der Waals surface area contributed by atoms with Crippen molar-refractivity contribution >= 4 is 11.8 Å². The summed E-state index contributed by atoms with van der Waals surface area (Å²) in [5, 5.41) is 3.09. The Labute approximate surface area is 114 Å². The van der Waals surface area contributed by atoms with Gasteiger partial charge in [0.1, 0.15) is 0 Å². The molecule has 1 saturated carbocycles. The molecule has 106 valence electrons. The van der Waals surface area contributed by atoms with E-state index in [0.29, 0.717) is 17.7 Å². The number of rotatable bonds is 6. The number of hydrogen-bond acceptors (Lipinski definition) is 4. The SMILES string of the molecule is CCCNc1ncc(F)c(N(C)CC2CCCC2)n1. The summed E-state index contributed by atoms with van der Waals surface area (Å²) < 4.78 is 13.8. The van der Waals surface area contributed by atoms with Gasteiger partial charge in [-0.25, -0.2) is 9.37 Å². The lowest BCUT2D eigenvalue weighted by Gasteiger charge is -2.22. The highest BCUT2D eigenvalue weighted by Crippen LogP contribution is 2.27. The fraction of sp³-hybridized carbons (Fsp3) is 0.714. The Morgan fingerprint density at radius 2 is 2.16 bits per heavy atom. The van der Waals surface area contributed by atoms with Gasteiger partial charge in [0.15, 0.2) is 11.6 Å². The monoisotopic (exact) mass is 266 g/mol. The smallest absolute Gasteiger partial charge is 0.224 e. The molecular formula is C14H23FN4. The van der Waals surface area contributed by atoms with Gasteiger partial charge >= 0.3 is 0 Å². The molecule has 1 aliphatic carbocycles. The largest absolute Gasteiger partial charge is 0.357 e. The fourth-order valence-corrected chi connectivity index (χ4v) is 2.61. The van der Waals surface area contributed by atoms with Crippen LogP contribution in [-0.2, 0) is 0 Å². The van der Waals surface area contributed by atoms with E-state index in [1.54, 1.807) is 0 Å². The molecule has 0 amide bonds. The highest BCUT2D eigenvalue weighted by atomic mass is 19.1. The quantitative estimate of drug-likeness (QED) is 0.859. The summed E-state index contributed by atoms with van der Waals surface area (Å²) in [7, 11) is 1.91. The van der Waals surface area contributed by atoms with Crippen LogP contribution in [0.15, 0.2) is 6.20 Å². The third kappa shape index (κ3) is 3.78. The molecule has 1 aromatic rings. The summed E-state index contributed by atoms with van der Waals surface area (Å²) in [4.78, 5) is 10.2. The molecular weight excluding hydrogens is 243 g/mol. The Hall–Kier alpha value is -1.39. The van der Waals surface area contributed by atoms with Gasteiger partial charge in [0.2, 0.25) is 5.95 Å². The zero-order valence-electron chi connectivity index (χ0n) is 11.8. The van der Waals surface area contributed by atoms with Crippen molar-refractivity contribution in [2.24, 2.45) is 5.92 Å². The summed E-state index contributed by atoms with van der Waals surface area (Å²) in [6, 6.07) is 0. The van der Waals surface area contributed by atoms with Gasteiger partial charge in [-0.1, -0.05) is 19.8 Å². The van der Waals surface area contributed by atoms with Crippen LogP contribution in [0, 0.1) is 11.7 Å². The molecule has 0 aliphatic heterocycles. The van der Waals surface area contributed by atoms with Gasteiger partial charge < -0.3 is 10.2 Å². The van der Waals surface area contributed by atoms with Gasteiger partial charge in [0, 0.05) is 20.1 Å². The molecule has 0 aromatic carbocycles. The van der Waals surface area contributed by atoms with Crippen LogP contribution in [0.25, 0.3) is 0 Å². The van der Waals surface area contributed by atoms with Crippen LogP contribution in [0.4, 0.5) is 16.2 Å². The van der Waals surface area contributed by atoms with E-state index in [-0.39, 0.29) is 5.82 Å². The van der Waals surface area contributed by atoms with Crippen molar-refractivity contribution in [2.75, 3.05) is 30.4 Å². The van der Waals surface area contributed by atoms with E-state index in [0.717, 1.165) is 19.5 Å². The first-order chi connectivity index (χ1) is 9.20. The zero-order valence-corrected chi connectivity index (χ0v) is 11.8. The Morgan fingerprint density at radius 3 is 2.84 bits per heavy atom. The van der Waals surface area contributed by atoms with Crippen LogP contribution < -0.4 is 10.2 Å². The zero-order chi connectivity index (χ0) is 13.7. The average molecular weight is 266 g/mol. The minimum atomic E-state index is -0.345. The molecule has 5 heteroatoms. The van der Waals surface area contributed by atoms with E-state index < -0.39 is 0 Å². The Bertz CT molecular complexity index is 404. The van der Waals surface area contributed by atoms with Gasteiger partial charge in [0.25, 0.3) is 0 Å². The molecule has 1 fully saturated rings. The lowest BCUT2D eigenvalue weighted by Crippen LogP contribution is -2.26. The maximum atomic E-state index is 13.8. The Morgan fingerprint density at radius 1 is 1.42 bits per heavy atom. The number of anilines is 2. The van der Waals surface area contributed by atoms with Crippen molar-refractivity contribution in [3.05, 3.63) is 12.0 Å². The standard InChI is InChI=1S/C14H23FN4/c1-3-8-16-14-17-9-12(15)13(18-14)19(2)10-11-6-4-5-7-11/h9,11H,3-8,10H2,1-2H3,(H,16,17,18). The van der Waals surface area contributed by atoms with Crippen molar-refractivity contribution < 1.29 is 4.39 Å². The molecule has 1 N–H and O–H groups in total. The molecule has 4 nitrogen and oxygen atoms in total. The summed E-state index contributed by atoms with van der Waals surface area (Å²) >= 11 is 0. The minimum absolute atomic E-state index is 0.345. The highest BCUT2D eigenvalue weighted by molar-refractivity contribution is 5.43. The van der Waals surface area contributed by atoms with Crippen molar-refractivity contribution in [2.45, 2.75) is 39.0 Å². The Balaban J connectivity index is 2.03. The lowest BCUT2D eigenvalue weighted by molar-refractivity contribution is 0.534. The number of nitrogens with one attached hydrogen (secondary N) is 1. The van der Waals surface area contributed by atoms with Crippen LogP contribution in [-0.4, -0.2) is 30.1 Å². The number of aromatic nitrogens is 2. The molecule has 0 unspecified atom stereocenters. The molecule has 1 heterocycles. The summed E-state index contributed by atoms with van der Waals surface area (Å²) in [6.07, 6.45) is 7.34. The first-order valence-electron chi connectivity index (χ1n) is 7.18. The van der Waals surface area contributed by atoms with Crippen molar-refractivity contribution in [3.63, 3.8) is 0 Å². The second-order valence-corrected chi connectivity index (χ2v) is 5.32.